The zero-order valence-corrected chi connectivity index (χ0v) is 17.2. The number of pyridine rings is 1. The quantitative estimate of drug-likeness (QED) is 0.312. The van der Waals surface area contributed by atoms with Gasteiger partial charge in [-0.2, -0.15) is 0 Å². The molecule has 7 heteroatoms. The van der Waals surface area contributed by atoms with Crippen molar-refractivity contribution in [2.45, 2.75) is 25.9 Å². The number of para-hydroxylation sites is 1. The van der Waals surface area contributed by atoms with Crippen molar-refractivity contribution in [3.63, 3.8) is 0 Å². The maximum Gasteiger partial charge on any atom is 0.286 e. The Balaban J connectivity index is 1.25. The van der Waals surface area contributed by atoms with Gasteiger partial charge in [-0.25, -0.2) is 0 Å². The topological polar surface area (TPSA) is 81.7 Å². The van der Waals surface area contributed by atoms with Crippen LogP contribution < -0.4 is 10.1 Å². The van der Waals surface area contributed by atoms with E-state index in [9.17, 15) is 4.79 Å². The van der Waals surface area contributed by atoms with E-state index in [1.165, 1.54) is 0 Å². The number of aromatic nitrogens is 3. The molecule has 7 nitrogen and oxygen atoms in total. The highest BCUT2D eigenvalue weighted by atomic mass is 16.5. The summed E-state index contributed by atoms with van der Waals surface area (Å²) >= 11 is 0. The third-order valence-electron chi connectivity index (χ3n) is 4.84. The van der Waals surface area contributed by atoms with E-state index in [4.69, 9.17) is 9.15 Å². The number of hydrogen-bond acceptors (Lipinski definition) is 5. The van der Waals surface area contributed by atoms with Crippen molar-refractivity contribution in [2.24, 2.45) is 0 Å². The summed E-state index contributed by atoms with van der Waals surface area (Å²) in [6.07, 6.45) is 5.96. The van der Waals surface area contributed by atoms with Gasteiger partial charge in [0.1, 0.15) is 23.9 Å². The van der Waals surface area contributed by atoms with Crippen LogP contribution in [0.5, 0.6) is 5.75 Å². The molecule has 0 unspecified atom stereocenters. The molecule has 0 aliphatic heterocycles. The lowest BCUT2D eigenvalue weighted by molar-refractivity contribution is 0.0921. The summed E-state index contributed by atoms with van der Waals surface area (Å²) in [7, 11) is 0. The molecular formula is C24H24N4O3. The molecule has 1 N–H and O–H groups in total. The molecule has 31 heavy (non-hydrogen) atoms. The van der Waals surface area contributed by atoms with Crippen LogP contribution in [0.3, 0.4) is 0 Å². The van der Waals surface area contributed by atoms with Gasteiger partial charge < -0.3 is 14.5 Å². The first kappa shape index (κ1) is 20.4. The van der Waals surface area contributed by atoms with Crippen molar-refractivity contribution in [1.29, 1.82) is 0 Å². The molecule has 3 heterocycles. The van der Waals surface area contributed by atoms with Crippen LogP contribution in [0.15, 0.2) is 77.9 Å². The number of aryl methyl sites for hydroxylation is 1. The van der Waals surface area contributed by atoms with E-state index in [0.29, 0.717) is 18.7 Å². The molecule has 1 aromatic carbocycles. The summed E-state index contributed by atoms with van der Waals surface area (Å²) in [5.74, 6) is 2.27. The van der Waals surface area contributed by atoms with Gasteiger partial charge in [0.15, 0.2) is 11.4 Å². The predicted octanol–water partition coefficient (Wildman–Crippen LogP) is 3.99. The number of ether oxygens (including phenoxy) is 1. The van der Waals surface area contributed by atoms with Gasteiger partial charge in [0.25, 0.3) is 5.91 Å². The number of amides is 1. The van der Waals surface area contributed by atoms with Crippen molar-refractivity contribution < 1.29 is 13.9 Å². The number of furan rings is 1. The first-order chi connectivity index (χ1) is 15.2. The van der Waals surface area contributed by atoms with Crippen molar-refractivity contribution >= 4 is 11.6 Å². The van der Waals surface area contributed by atoms with E-state index in [0.717, 1.165) is 35.6 Å². The Kier molecular flexibility index (Phi) is 6.42. The van der Waals surface area contributed by atoms with Crippen LogP contribution in [0, 0.1) is 0 Å². The standard InChI is InChI=1S/C24H24N4O3/c1-2-8-18-9-3-4-10-20(18)30-17-19-13-14-21(31-19)24(29)25-15-7-12-23-27-26-22-11-5-6-16-28(22)23/h2-6,9-11,13-14,16H,1,7-8,12,15,17H2,(H,25,29). The van der Waals surface area contributed by atoms with Crippen LogP contribution in [0.4, 0.5) is 0 Å². The molecular weight excluding hydrogens is 392 g/mol. The van der Waals surface area contributed by atoms with Gasteiger partial charge in [0.05, 0.1) is 0 Å². The number of carbonyl (C=O) groups excluding carboxylic acids is 1. The molecule has 3 aromatic heterocycles. The molecule has 0 spiro atoms. The Morgan fingerprint density at radius 3 is 2.90 bits per heavy atom. The van der Waals surface area contributed by atoms with E-state index in [1.807, 2.05) is 59.1 Å². The van der Waals surface area contributed by atoms with Crippen LogP contribution in [0.2, 0.25) is 0 Å². The largest absolute Gasteiger partial charge is 0.485 e. The van der Waals surface area contributed by atoms with Gasteiger partial charge in [-0.1, -0.05) is 30.3 Å². The first-order valence-electron chi connectivity index (χ1n) is 10.2. The lowest BCUT2D eigenvalue weighted by Crippen LogP contribution is -2.24. The van der Waals surface area contributed by atoms with Crippen molar-refractivity contribution in [1.82, 2.24) is 19.9 Å². The highest BCUT2D eigenvalue weighted by molar-refractivity contribution is 5.91. The van der Waals surface area contributed by atoms with Gasteiger partial charge in [-0.05, 0) is 48.7 Å². The summed E-state index contributed by atoms with van der Waals surface area (Å²) in [6.45, 7) is 4.54. The van der Waals surface area contributed by atoms with E-state index in [2.05, 4.69) is 22.1 Å². The molecule has 0 atom stereocenters. The fourth-order valence-corrected chi connectivity index (χ4v) is 3.29. The zero-order valence-electron chi connectivity index (χ0n) is 17.2. The number of rotatable bonds is 10. The minimum absolute atomic E-state index is 0.246. The average molecular weight is 416 g/mol. The number of allylic oxidation sites excluding steroid dienone is 1. The fourth-order valence-electron chi connectivity index (χ4n) is 3.29. The predicted molar refractivity (Wildman–Crippen MR) is 117 cm³/mol. The molecule has 0 radical (unpaired) electrons. The maximum absolute atomic E-state index is 12.4. The number of carbonyl (C=O) groups is 1. The normalized spacial score (nSPS) is 10.8. The summed E-state index contributed by atoms with van der Waals surface area (Å²) < 4.78 is 13.5. The number of fused-ring (bicyclic) bond motifs is 1. The third-order valence-corrected chi connectivity index (χ3v) is 4.84. The van der Waals surface area contributed by atoms with Crippen LogP contribution in [0.1, 0.15) is 34.1 Å². The van der Waals surface area contributed by atoms with Gasteiger partial charge in [0.2, 0.25) is 0 Å². The fraction of sp³-hybridized carbons (Fsp3) is 0.208. The van der Waals surface area contributed by atoms with E-state index in [-0.39, 0.29) is 18.3 Å². The van der Waals surface area contributed by atoms with Crippen molar-refractivity contribution in [2.75, 3.05) is 6.54 Å². The van der Waals surface area contributed by atoms with Gasteiger partial charge in [0, 0.05) is 19.2 Å². The number of benzene rings is 1. The average Bonchev–Trinajstić information content (AvgIpc) is 3.44. The van der Waals surface area contributed by atoms with Crippen LogP contribution in [-0.4, -0.2) is 27.0 Å². The summed E-state index contributed by atoms with van der Waals surface area (Å²) in [4.78, 5) is 12.4. The molecule has 0 bridgehead atoms. The Labute approximate surface area is 180 Å². The molecule has 0 aliphatic rings. The second kappa shape index (κ2) is 9.75. The second-order valence-electron chi connectivity index (χ2n) is 7.06. The van der Waals surface area contributed by atoms with Gasteiger partial charge >= 0.3 is 0 Å². The Morgan fingerprint density at radius 1 is 1.13 bits per heavy atom. The Bertz CT molecular complexity index is 1180. The molecule has 0 aliphatic carbocycles. The lowest BCUT2D eigenvalue weighted by atomic mass is 10.1. The summed E-state index contributed by atoms with van der Waals surface area (Å²) in [5, 5.41) is 11.2. The molecule has 0 saturated carbocycles. The summed E-state index contributed by atoms with van der Waals surface area (Å²) in [5.41, 5.74) is 1.88. The maximum atomic E-state index is 12.4. The summed E-state index contributed by atoms with van der Waals surface area (Å²) in [6, 6.07) is 17.0. The highest BCUT2D eigenvalue weighted by Crippen LogP contribution is 2.20. The number of nitrogens with one attached hydrogen (secondary N) is 1. The van der Waals surface area contributed by atoms with Crippen LogP contribution in [0.25, 0.3) is 5.65 Å². The Morgan fingerprint density at radius 2 is 2.00 bits per heavy atom. The SMILES string of the molecule is C=CCc1ccccc1OCc1ccc(C(=O)NCCCc2nnc3ccccn23)o1. The van der Waals surface area contributed by atoms with Gasteiger partial charge in [-0.15, -0.1) is 16.8 Å². The minimum atomic E-state index is -0.246. The lowest BCUT2D eigenvalue weighted by Gasteiger charge is -2.09. The highest BCUT2D eigenvalue weighted by Gasteiger charge is 2.12. The van der Waals surface area contributed by atoms with Crippen molar-refractivity contribution in [3.05, 3.63) is 96.4 Å². The van der Waals surface area contributed by atoms with Gasteiger partial charge in [-0.3, -0.25) is 9.20 Å². The number of nitrogens with zero attached hydrogens (tertiary/aromatic N) is 3. The third kappa shape index (κ3) is 5.01. The van der Waals surface area contributed by atoms with E-state index >= 15 is 0 Å². The van der Waals surface area contributed by atoms with Crippen LogP contribution in [-0.2, 0) is 19.4 Å². The number of hydrogen-bond donors (Lipinski definition) is 1. The molecule has 0 saturated heterocycles. The molecule has 4 rings (SSSR count). The van der Waals surface area contributed by atoms with E-state index in [1.54, 1.807) is 12.1 Å². The minimum Gasteiger partial charge on any atom is -0.485 e. The molecule has 4 aromatic rings. The Hall–Kier alpha value is -3.87. The molecule has 158 valence electrons. The smallest absolute Gasteiger partial charge is 0.286 e. The van der Waals surface area contributed by atoms with E-state index < -0.39 is 0 Å². The van der Waals surface area contributed by atoms with Crippen LogP contribution >= 0.6 is 0 Å². The zero-order chi connectivity index (χ0) is 21.5. The second-order valence-corrected chi connectivity index (χ2v) is 7.06. The monoisotopic (exact) mass is 416 g/mol. The molecule has 0 fully saturated rings. The van der Waals surface area contributed by atoms with Crippen molar-refractivity contribution in [3.8, 4) is 5.75 Å². The molecule has 1 amide bonds. The first-order valence-corrected chi connectivity index (χ1v) is 10.2.